The Balaban J connectivity index is 1.90. The van der Waals surface area contributed by atoms with Gasteiger partial charge in [0.05, 0.1) is 11.3 Å². The molecule has 1 fully saturated rings. The summed E-state index contributed by atoms with van der Waals surface area (Å²) in [6.45, 7) is 15.9. The van der Waals surface area contributed by atoms with Gasteiger partial charge in [-0.1, -0.05) is 61.8 Å². The van der Waals surface area contributed by atoms with Crippen LogP contribution in [0.25, 0.3) is 22.3 Å². The van der Waals surface area contributed by atoms with Gasteiger partial charge < -0.3 is 14.7 Å². The van der Waals surface area contributed by atoms with Gasteiger partial charge in [0.2, 0.25) is 0 Å². The Kier molecular flexibility index (Phi) is 7.92. The second-order valence-electron chi connectivity index (χ2n) is 12.1. The first-order valence-corrected chi connectivity index (χ1v) is 13.7. The number of hydrogen-bond donors (Lipinski definition) is 1. The topological polar surface area (TPSA) is 62.7 Å². The van der Waals surface area contributed by atoms with E-state index in [4.69, 9.17) is 21.3 Å². The zero-order chi connectivity index (χ0) is 27.8. The highest BCUT2D eigenvalue weighted by Crippen LogP contribution is 2.45. The Labute approximate surface area is 231 Å². The summed E-state index contributed by atoms with van der Waals surface area (Å²) in [5.74, 6) is -1.00. The van der Waals surface area contributed by atoms with E-state index in [0.29, 0.717) is 16.3 Å². The number of anilines is 1. The quantitative estimate of drug-likeness (QED) is 0.345. The molecule has 1 saturated heterocycles. The number of benzene rings is 2. The molecule has 1 unspecified atom stereocenters. The Morgan fingerprint density at radius 3 is 1.95 bits per heavy atom. The van der Waals surface area contributed by atoms with E-state index in [1.165, 1.54) is 0 Å². The Morgan fingerprint density at radius 2 is 1.45 bits per heavy atom. The van der Waals surface area contributed by atoms with Crippen LogP contribution < -0.4 is 4.90 Å². The first-order chi connectivity index (χ1) is 17.8. The highest BCUT2D eigenvalue weighted by molar-refractivity contribution is 6.30. The summed E-state index contributed by atoms with van der Waals surface area (Å²) in [5.41, 5.74) is 6.92. The van der Waals surface area contributed by atoms with Crippen LogP contribution in [0.1, 0.15) is 70.5 Å². The van der Waals surface area contributed by atoms with Crippen molar-refractivity contribution in [1.82, 2.24) is 4.98 Å². The van der Waals surface area contributed by atoms with Crippen molar-refractivity contribution in [2.75, 3.05) is 18.0 Å². The van der Waals surface area contributed by atoms with Gasteiger partial charge in [-0.3, -0.25) is 4.98 Å². The third-order valence-electron chi connectivity index (χ3n) is 7.32. The summed E-state index contributed by atoms with van der Waals surface area (Å²) in [6.07, 6.45) is 0.930. The van der Waals surface area contributed by atoms with Gasteiger partial charge in [0.25, 0.3) is 0 Å². The van der Waals surface area contributed by atoms with Crippen molar-refractivity contribution in [2.45, 2.75) is 73.0 Å². The van der Waals surface area contributed by atoms with Gasteiger partial charge >= 0.3 is 5.97 Å². The Bertz CT molecular complexity index is 1300. The molecule has 0 bridgehead atoms. The van der Waals surface area contributed by atoms with Gasteiger partial charge in [0, 0.05) is 40.6 Å². The molecule has 0 amide bonds. The van der Waals surface area contributed by atoms with Crippen LogP contribution in [0.15, 0.2) is 48.5 Å². The standard InChI is InChI=1S/C32H39ClN2O3/c1-20-26(24-10-8-22(9-11-24)23-12-14-25(33)15-13-23)28(35-18-16-32(6,7)17-19-35)27(21(2)34-20)29(30(36)37)38-31(3,4)5/h8-15,29H,16-19H2,1-7H3,(H,36,37). The lowest BCUT2D eigenvalue weighted by atomic mass is 9.81. The summed E-state index contributed by atoms with van der Waals surface area (Å²) in [6, 6.07) is 16.2. The molecule has 1 aliphatic rings. The van der Waals surface area contributed by atoms with E-state index in [1.54, 1.807) is 0 Å². The number of hydrogen-bond acceptors (Lipinski definition) is 4. The van der Waals surface area contributed by atoms with Gasteiger partial charge in [-0.05, 0) is 81.7 Å². The SMILES string of the molecule is Cc1nc(C)c(C(OC(C)(C)C)C(=O)O)c(N2CCC(C)(C)CC2)c1-c1ccc(-c2ccc(Cl)cc2)cc1. The third-order valence-corrected chi connectivity index (χ3v) is 7.57. The predicted octanol–water partition coefficient (Wildman–Crippen LogP) is 8.25. The monoisotopic (exact) mass is 534 g/mol. The summed E-state index contributed by atoms with van der Waals surface area (Å²) < 4.78 is 6.18. The zero-order valence-electron chi connectivity index (χ0n) is 23.6. The molecule has 1 aliphatic heterocycles. The minimum Gasteiger partial charge on any atom is -0.479 e. The van der Waals surface area contributed by atoms with Crippen molar-refractivity contribution in [3.8, 4) is 22.3 Å². The molecule has 6 heteroatoms. The number of rotatable bonds is 6. The van der Waals surface area contributed by atoms with E-state index in [0.717, 1.165) is 59.6 Å². The zero-order valence-corrected chi connectivity index (χ0v) is 24.3. The van der Waals surface area contributed by atoms with Crippen LogP contribution in [0.5, 0.6) is 0 Å². The van der Waals surface area contributed by atoms with Crippen LogP contribution >= 0.6 is 11.6 Å². The molecular weight excluding hydrogens is 496 g/mol. The Hall–Kier alpha value is -2.89. The van der Waals surface area contributed by atoms with E-state index in [1.807, 2.05) is 58.9 Å². The second kappa shape index (κ2) is 10.7. The van der Waals surface area contributed by atoms with Crippen molar-refractivity contribution in [2.24, 2.45) is 5.41 Å². The number of carboxylic acids is 1. The molecule has 0 radical (unpaired) electrons. The molecular formula is C32H39ClN2O3. The summed E-state index contributed by atoms with van der Waals surface area (Å²) in [7, 11) is 0. The van der Waals surface area contributed by atoms with Crippen LogP contribution in [-0.2, 0) is 9.53 Å². The maximum absolute atomic E-state index is 12.6. The number of aromatic nitrogens is 1. The number of ether oxygens (including phenoxy) is 1. The molecule has 1 N–H and O–H groups in total. The number of carbonyl (C=O) groups is 1. The van der Waals surface area contributed by atoms with E-state index in [9.17, 15) is 9.90 Å². The number of aliphatic carboxylic acids is 1. The van der Waals surface area contributed by atoms with Crippen molar-refractivity contribution >= 4 is 23.3 Å². The molecule has 38 heavy (non-hydrogen) atoms. The first-order valence-electron chi connectivity index (χ1n) is 13.3. The molecule has 1 aromatic heterocycles. The molecule has 0 spiro atoms. The number of nitrogens with zero attached hydrogens (tertiary/aromatic N) is 2. The number of aryl methyl sites for hydroxylation is 2. The van der Waals surface area contributed by atoms with E-state index in [-0.39, 0.29) is 5.41 Å². The lowest BCUT2D eigenvalue weighted by Gasteiger charge is -2.41. The maximum atomic E-state index is 12.6. The molecule has 4 rings (SSSR count). The summed E-state index contributed by atoms with van der Waals surface area (Å²) in [5, 5.41) is 11.1. The van der Waals surface area contributed by atoms with Crippen molar-refractivity contribution in [3.05, 3.63) is 70.5 Å². The van der Waals surface area contributed by atoms with Crippen LogP contribution in [0.3, 0.4) is 0 Å². The molecule has 202 valence electrons. The molecule has 5 nitrogen and oxygen atoms in total. The highest BCUT2D eigenvalue weighted by Gasteiger charge is 2.36. The normalized spacial score (nSPS) is 16.4. The molecule has 0 aliphatic carbocycles. The second-order valence-corrected chi connectivity index (χ2v) is 12.5. The Morgan fingerprint density at radius 1 is 0.947 bits per heavy atom. The number of halogens is 1. The molecule has 2 aromatic carbocycles. The van der Waals surface area contributed by atoms with Crippen molar-refractivity contribution < 1.29 is 14.6 Å². The molecule has 0 saturated carbocycles. The predicted molar refractivity (Wildman–Crippen MR) is 156 cm³/mol. The third kappa shape index (κ3) is 6.22. The number of piperidine rings is 1. The fraction of sp³-hybridized carbons (Fsp3) is 0.438. The maximum Gasteiger partial charge on any atom is 0.337 e. The van der Waals surface area contributed by atoms with Crippen LogP contribution in [-0.4, -0.2) is 34.8 Å². The van der Waals surface area contributed by atoms with Gasteiger partial charge in [-0.2, -0.15) is 0 Å². The molecule has 3 aromatic rings. The van der Waals surface area contributed by atoms with Crippen LogP contribution in [0.4, 0.5) is 5.69 Å². The fourth-order valence-electron chi connectivity index (χ4n) is 5.23. The number of pyridine rings is 1. The van der Waals surface area contributed by atoms with E-state index < -0.39 is 17.7 Å². The smallest absolute Gasteiger partial charge is 0.337 e. The van der Waals surface area contributed by atoms with Crippen molar-refractivity contribution in [3.63, 3.8) is 0 Å². The average Bonchev–Trinajstić information content (AvgIpc) is 2.83. The van der Waals surface area contributed by atoms with Gasteiger partial charge in [0.15, 0.2) is 6.10 Å². The summed E-state index contributed by atoms with van der Waals surface area (Å²) in [4.78, 5) is 19.9. The van der Waals surface area contributed by atoms with Crippen LogP contribution in [0, 0.1) is 19.3 Å². The van der Waals surface area contributed by atoms with Gasteiger partial charge in [-0.15, -0.1) is 0 Å². The fourth-order valence-corrected chi connectivity index (χ4v) is 5.35. The molecule has 2 heterocycles. The van der Waals surface area contributed by atoms with E-state index >= 15 is 0 Å². The average molecular weight is 535 g/mol. The lowest BCUT2D eigenvalue weighted by molar-refractivity contribution is -0.160. The minimum atomic E-state index is -1.12. The minimum absolute atomic E-state index is 0.252. The van der Waals surface area contributed by atoms with Gasteiger partial charge in [-0.25, -0.2) is 4.79 Å². The lowest BCUT2D eigenvalue weighted by Crippen LogP contribution is -2.39. The summed E-state index contributed by atoms with van der Waals surface area (Å²) >= 11 is 6.08. The van der Waals surface area contributed by atoms with E-state index in [2.05, 4.69) is 43.0 Å². The number of carboxylic acid groups (broad SMARTS) is 1. The van der Waals surface area contributed by atoms with Crippen molar-refractivity contribution in [1.29, 1.82) is 0 Å². The highest BCUT2D eigenvalue weighted by atomic mass is 35.5. The largest absolute Gasteiger partial charge is 0.479 e. The first kappa shape index (κ1) is 28.1. The molecule has 1 atom stereocenters. The van der Waals surface area contributed by atoms with Gasteiger partial charge in [0.1, 0.15) is 0 Å². The van der Waals surface area contributed by atoms with Crippen LogP contribution in [0.2, 0.25) is 5.02 Å².